The topological polar surface area (TPSA) is 103 Å². The smallest absolute Gasteiger partial charge is 0.230 e. The zero-order valence-electron chi connectivity index (χ0n) is 13.0. The van der Waals surface area contributed by atoms with Crippen LogP contribution in [0.3, 0.4) is 0 Å². The monoisotopic (exact) mass is 353 g/mol. The van der Waals surface area contributed by atoms with E-state index in [0.717, 1.165) is 4.88 Å². The van der Waals surface area contributed by atoms with Gasteiger partial charge >= 0.3 is 0 Å². The number of carbonyl (C=O) groups excluding carboxylic acids is 2. The molecule has 23 heavy (non-hydrogen) atoms. The number of rotatable bonds is 8. The number of hydrogen-bond donors (Lipinski definition) is 2. The van der Waals surface area contributed by atoms with Crippen molar-refractivity contribution >= 4 is 34.9 Å². The predicted octanol–water partition coefficient (Wildman–Crippen LogP) is 1.50. The maximum Gasteiger partial charge on any atom is 0.230 e. The van der Waals surface area contributed by atoms with Gasteiger partial charge in [0.25, 0.3) is 0 Å². The summed E-state index contributed by atoms with van der Waals surface area (Å²) in [6.07, 6.45) is 0.197. The number of nitrogens with zero attached hydrogens (tertiary/aromatic N) is 3. The van der Waals surface area contributed by atoms with Gasteiger partial charge in [-0.15, -0.1) is 21.5 Å². The number of primary amides is 1. The molecular formula is C14H19N5O2S2. The maximum absolute atomic E-state index is 11.8. The Kier molecular flexibility index (Phi) is 6.17. The molecule has 0 atom stereocenters. The number of aromatic nitrogens is 3. The van der Waals surface area contributed by atoms with Crippen LogP contribution in [0.5, 0.6) is 0 Å². The maximum atomic E-state index is 11.8. The Morgan fingerprint density at radius 3 is 2.83 bits per heavy atom. The van der Waals surface area contributed by atoms with E-state index in [0.29, 0.717) is 17.5 Å². The summed E-state index contributed by atoms with van der Waals surface area (Å²) in [7, 11) is 0. The zero-order chi connectivity index (χ0) is 16.8. The summed E-state index contributed by atoms with van der Waals surface area (Å²) in [5, 5.41) is 13.7. The van der Waals surface area contributed by atoms with Crippen molar-refractivity contribution in [1.29, 1.82) is 0 Å². The quantitative estimate of drug-likeness (QED) is 0.700. The summed E-state index contributed by atoms with van der Waals surface area (Å²) in [4.78, 5) is 23.8. The fourth-order valence-electron chi connectivity index (χ4n) is 1.90. The minimum Gasteiger partial charge on any atom is -0.370 e. The van der Waals surface area contributed by atoms with Gasteiger partial charge in [-0.3, -0.25) is 9.59 Å². The third-order valence-electron chi connectivity index (χ3n) is 2.82. The predicted molar refractivity (Wildman–Crippen MR) is 91.1 cm³/mol. The SMILES string of the molecule is CC(C)NC(=O)CSc1nnc(-c2cccs2)n1CCC(N)=O. The van der Waals surface area contributed by atoms with E-state index >= 15 is 0 Å². The van der Waals surface area contributed by atoms with Crippen LogP contribution in [-0.4, -0.2) is 38.4 Å². The number of amides is 2. The molecular weight excluding hydrogens is 334 g/mol. The number of thioether (sulfide) groups is 1. The average molecular weight is 353 g/mol. The molecule has 0 bridgehead atoms. The van der Waals surface area contributed by atoms with Gasteiger partial charge in [0.2, 0.25) is 11.8 Å². The minimum absolute atomic E-state index is 0.0628. The van der Waals surface area contributed by atoms with Gasteiger partial charge in [0, 0.05) is 19.0 Å². The molecule has 7 nitrogen and oxygen atoms in total. The highest BCUT2D eigenvalue weighted by Crippen LogP contribution is 2.27. The van der Waals surface area contributed by atoms with E-state index in [1.165, 1.54) is 11.8 Å². The van der Waals surface area contributed by atoms with Gasteiger partial charge in [-0.25, -0.2) is 0 Å². The van der Waals surface area contributed by atoms with Crippen molar-refractivity contribution in [3.8, 4) is 10.7 Å². The van der Waals surface area contributed by atoms with Crippen LogP contribution in [-0.2, 0) is 16.1 Å². The molecule has 0 aliphatic heterocycles. The lowest BCUT2D eigenvalue weighted by molar-refractivity contribution is -0.119. The molecule has 0 saturated heterocycles. The summed E-state index contributed by atoms with van der Waals surface area (Å²) in [6.45, 7) is 4.21. The van der Waals surface area contributed by atoms with Crippen molar-refractivity contribution in [3.05, 3.63) is 17.5 Å². The molecule has 2 heterocycles. The van der Waals surface area contributed by atoms with E-state index < -0.39 is 0 Å². The first-order valence-electron chi connectivity index (χ1n) is 7.15. The van der Waals surface area contributed by atoms with Gasteiger partial charge in [-0.05, 0) is 25.3 Å². The Morgan fingerprint density at radius 1 is 1.43 bits per heavy atom. The van der Waals surface area contributed by atoms with E-state index in [2.05, 4.69) is 15.5 Å². The molecule has 0 spiro atoms. The molecule has 0 fully saturated rings. The van der Waals surface area contributed by atoms with Crippen LogP contribution in [0, 0.1) is 0 Å². The van der Waals surface area contributed by atoms with Crippen LogP contribution in [0.2, 0.25) is 0 Å². The Morgan fingerprint density at radius 2 is 2.22 bits per heavy atom. The summed E-state index contributed by atoms with van der Waals surface area (Å²) < 4.78 is 1.84. The highest BCUT2D eigenvalue weighted by Gasteiger charge is 2.17. The molecule has 2 amide bonds. The third-order valence-corrected chi connectivity index (χ3v) is 4.65. The largest absolute Gasteiger partial charge is 0.370 e. The van der Waals surface area contributed by atoms with Crippen LogP contribution >= 0.6 is 23.1 Å². The zero-order valence-corrected chi connectivity index (χ0v) is 14.6. The Labute approximate surface area is 142 Å². The molecule has 3 N–H and O–H groups in total. The van der Waals surface area contributed by atoms with Crippen molar-refractivity contribution in [1.82, 2.24) is 20.1 Å². The van der Waals surface area contributed by atoms with E-state index in [1.54, 1.807) is 11.3 Å². The van der Waals surface area contributed by atoms with Crippen LogP contribution in [0.4, 0.5) is 0 Å². The second-order valence-electron chi connectivity index (χ2n) is 5.16. The van der Waals surface area contributed by atoms with Gasteiger partial charge in [0.05, 0.1) is 10.6 Å². The number of carbonyl (C=O) groups is 2. The van der Waals surface area contributed by atoms with E-state index in [-0.39, 0.29) is 30.0 Å². The Hall–Kier alpha value is -1.87. The van der Waals surface area contributed by atoms with Crippen molar-refractivity contribution < 1.29 is 9.59 Å². The first-order valence-corrected chi connectivity index (χ1v) is 9.01. The second-order valence-corrected chi connectivity index (χ2v) is 7.05. The van der Waals surface area contributed by atoms with Crippen molar-refractivity contribution in [2.24, 2.45) is 5.73 Å². The first kappa shape index (κ1) is 17.5. The fraction of sp³-hybridized carbons (Fsp3) is 0.429. The molecule has 2 rings (SSSR count). The highest BCUT2D eigenvalue weighted by atomic mass is 32.2. The number of hydrogen-bond acceptors (Lipinski definition) is 6. The van der Waals surface area contributed by atoms with E-state index in [9.17, 15) is 9.59 Å². The molecule has 0 saturated carbocycles. The summed E-state index contributed by atoms with van der Waals surface area (Å²) in [6, 6.07) is 3.96. The van der Waals surface area contributed by atoms with Crippen molar-refractivity contribution in [3.63, 3.8) is 0 Å². The van der Waals surface area contributed by atoms with Gasteiger partial charge in [-0.2, -0.15) is 0 Å². The summed E-state index contributed by atoms with van der Waals surface area (Å²) in [5.74, 6) is 0.488. The average Bonchev–Trinajstić information content (AvgIpc) is 3.11. The molecule has 2 aromatic heterocycles. The van der Waals surface area contributed by atoms with Crippen LogP contribution in [0.15, 0.2) is 22.7 Å². The summed E-state index contributed by atoms with van der Waals surface area (Å²) in [5.41, 5.74) is 5.24. The highest BCUT2D eigenvalue weighted by molar-refractivity contribution is 7.99. The normalized spacial score (nSPS) is 10.9. The Bertz CT molecular complexity index is 667. The van der Waals surface area contributed by atoms with Gasteiger partial charge in [0.1, 0.15) is 0 Å². The number of nitrogens with two attached hydrogens (primary N) is 1. The standard InChI is InChI=1S/C14H19N5O2S2/c1-9(2)16-12(21)8-23-14-18-17-13(10-4-3-7-22-10)19(14)6-5-11(15)20/h3-4,7,9H,5-6,8H2,1-2H3,(H2,15,20)(H,16,21). The lowest BCUT2D eigenvalue weighted by Crippen LogP contribution is -2.31. The van der Waals surface area contributed by atoms with E-state index in [4.69, 9.17) is 5.73 Å². The fourth-order valence-corrected chi connectivity index (χ4v) is 3.39. The lowest BCUT2D eigenvalue weighted by Gasteiger charge is -2.09. The molecule has 124 valence electrons. The molecule has 0 unspecified atom stereocenters. The molecule has 0 aromatic carbocycles. The van der Waals surface area contributed by atoms with Crippen LogP contribution in [0.1, 0.15) is 20.3 Å². The van der Waals surface area contributed by atoms with Crippen LogP contribution < -0.4 is 11.1 Å². The minimum atomic E-state index is -0.385. The molecule has 0 aliphatic carbocycles. The first-order chi connectivity index (χ1) is 11.0. The van der Waals surface area contributed by atoms with Crippen molar-refractivity contribution in [2.75, 3.05) is 5.75 Å². The van der Waals surface area contributed by atoms with Gasteiger partial charge < -0.3 is 15.6 Å². The lowest BCUT2D eigenvalue weighted by atomic mass is 10.4. The molecule has 9 heteroatoms. The number of thiophene rings is 1. The Balaban J connectivity index is 2.15. The number of nitrogens with one attached hydrogen (secondary N) is 1. The second kappa shape index (κ2) is 8.11. The molecule has 2 aromatic rings. The van der Waals surface area contributed by atoms with Gasteiger partial charge in [0.15, 0.2) is 11.0 Å². The molecule has 0 radical (unpaired) electrons. The van der Waals surface area contributed by atoms with Crippen LogP contribution in [0.25, 0.3) is 10.7 Å². The van der Waals surface area contributed by atoms with Crippen molar-refractivity contribution in [2.45, 2.75) is 38.0 Å². The summed E-state index contributed by atoms with van der Waals surface area (Å²) >= 11 is 2.84. The van der Waals surface area contributed by atoms with E-state index in [1.807, 2.05) is 35.9 Å². The third kappa shape index (κ3) is 5.07. The molecule has 0 aliphatic rings. The van der Waals surface area contributed by atoms with Gasteiger partial charge in [-0.1, -0.05) is 17.8 Å².